The summed E-state index contributed by atoms with van der Waals surface area (Å²) in [5, 5.41) is 7.88. The minimum Gasteiger partial charge on any atom is -0.376 e. The number of nitrogens with zero attached hydrogens (tertiary/aromatic N) is 2. The molecule has 0 spiro atoms. The molecule has 0 saturated carbocycles. The Labute approximate surface area is 96.3 Å². The molecule has 2 rings (SSSR count). The predicted molar refractivity (Wildman–Crippen MR) is 65.8 cm³/mol. The summed E-state index contributed by atoms with van der Waals surface area (Å²) in [6.45, 7) is 0. The summed E-state index contributed by atoms with van der Waals surface area (Å²) in [4.78, 5) is 0. The molecule has 6 heteroatoms. The molecule has 1 aromatic heterocycles. The lowest BCUT2D eigenvalue weighted by Crippen LogP contribution is -2.18. The van der Waals surface area contributed by atoms with Crippen molar-refractivity contribution < 1.29 is 0 Å². The van der Waals surface area contributed by atoms with Crippen molar-refractivity contribution in [1.82, 2.24) is 9.59 Å². The number of rotatable bonds is 2. The first-order valence-corrected chi connectivity index (χ1v) is 5.40. The van der Waals surface area contributed by atoms with Crippen molar-refractivity contribution in [3.8, 4) is 11.3 Å². The first-order valence-electron chi connectivity index (χ1n) is 4.21. The zero-order chi connectivity index (χ0) is 10.7. The summed E-state index contributed by atoms with van der Waals surface area (Å²) < 4.78 is 3.87. The van der Waals surface area contributed by atoms with Crippen molar-refractivity contribution in [1.29, 1.82) is 0 Å². The van der Waals surface area contributed by atoms with Crippen LogP contribution in [0.4, 0.5) is 5.00 Å². The number of thiocarbonyl (C=S) groups is 1. The average Bonchev–Trinajstić information content (AvgIpc) is 2.66. The van der Waals surface area contributed by atoms with Gasteiger partial charge in [-0.15, -0.1) is 5.10 Å². The summed E-state index contributed by atoms with van der Waals surface area (Å²) in [6.07, 6.45) is 0. The Bertz CT molecular complexity index is 466. The van der Waals surface area contributed by atoms with E-state index in [-0.39, 0.29) is 5.11 Å². The lowest BCUT2D eigenvalue weighted by molar-refractivity contribution is 1.16. The standard InChI is InChI=1S/C9H8N4S2/c10-9(14)11-8-7(12-13-15-8)6-4-2-1-3-5-6/h1-5H,(H3,10,11,14). The molecule has 76 valence electrons. The van der Waals surface area contributed by atoms with E-state index in [1.807, 2.05) is 30.3 Å². The zero-order valence-corrected chi connectivity index (χ0v) is 9.31. The number of nitrogens with one attached hydrogen (secondary N) is 1. The van der Waals surface area contributed by atoms with E-state index in [4.69, 9.17) is 18.0 Å². The fraction of sp³-hybridized carbons (Fsp3) is 0. The van der Waals surface area contributed by atoms with Crippen LogP contribution in [-0.4, -0.2) is 14.7 Å². The highest BCUT2D eigenvalue weighted by molar-refractivity contribution is 7.80. The molecule has 2 aromatic rings. The van der Waals surface area contributed by atoms with Crippen LogP contribution in [0.1, 0.15) is 0 Å². The van der Waals surface area contributed by atoms with Gasteiger partial charge in [0.1, 0.15) is 10.7 Å². The van der Waals surface area contributed by atoms with Crippen molar-refractivity contribution in [2.24, 2.45) is 5.73 Å². The minimum atomic E-state index is 0.221. The van der Waals surface area contributed by atoms with Crippen LogP contribution in [0, 0.1) is 0 Å². The Morgan fingerprint density at radius 2 is 2.07 bits per heavy atom. The molecule has 0 atom stereocenters. The number of hydrogen-bond donors (Lipinski definition) is 2. The third-order valence-corrected chi connectivity index (χ3v) is 2.52. The van der Waals surface area contributed by atoms with Gasteiger partial charge in [0.25, 0.3) is 0 Å². The van der Waals surface area contributed by atoms with Crippen LogP contribution in [0.15, 0.2) is 30.3 Å². The van der Waals surface area contributed by atoms with Gasteiger partial charge < -0.3 is 11.1 Å². The maximum absolute atomic E-state index is 5.40. The van der Waals surface area contributed by atoms with Gasteiger partial charge in [-0.2, -0.15) is 0 Å². The van der Waals surface area contributed by atoms with E-state index >= 15 is 0 Å². The van der Waals surface area contributed by atoms with E-state index in [0.717, 1.165) is 16.3 Å². The Morgan fingerprint density at radius 1 is 1.33 bits per heavy atom. The summed E-state index contributed by atoms with van der Waals surface area (Å²) in [5.41, 5.74) is 7.16. The zero-order valence-electron chi connectivity index (χ0n) is 7.68. The average molecular weight is 236 g/mol. The fourth-order valence-corrected chi connectivity index (χ4v) is 1.94. The predicted octanol–water partition coefficient (Wildman–Crippen LogP) is 1.86. The summed E-state index contributed by atoms with van der Waals surface area (Å²) in [5.74, 6) is 0. The lowest BCUT2D eigenvalue weighted by Gasteiger charge is -2.01. The molecular formula is C9H8N4S2. The van der Waals surface area contributed by atoms with Gasteiger partial charge >= 0.3 is 0 Å². The van der Waals surface area contributed by atoms with Gasteiger partial charge in [0, 0.05) is 17.1 Å². The van der Waals surface area contributed by atoms with Gasteiger partial charge in [0.05, 0.1) is 0 Å². The summed E-state index contributed by atoms with van der Waals surface area (Å²) in [6, 6.07) is 9.76. The van der Waals surface area contributed by atoms with Crippen LogP contribution in [0.25, 0.3) is 11.3 Å². The van der Waals surface area contributed by atoms with Crippen LogP contribution >= 0.6 is 23.8 Å². The van der Waals surface area contributed by atoms with Crippen molar-refractivity contribution in [3.05, 3.63) is 30.3 Å². The molecule has 1 heterocycles. The van der Waals surface area contributed by atoms with E-state index in [9.17, 15) is 0 Å². The van der Waals surface area contributed by atoms with Crippen LogP contribution in [0.3, 0.4) is 0 Å². The Hall–Kier alpha value is -1.53. The molecule has 0 bridgehead atoms. The van der Waals surface area contributed by atoms with Gasteiger partial charge in [-0.1, -0.05) is 34.8 Å². The minimum absolute atomic E-state index is 0.221. The van der Waals surface area contributed by atoms with E-state index < -0.39 is 0 Å². The van der Waals surface area contributed by atoms with E-state index in [1.165, 1.54) is 11.5 Å². The molecule has 15 heavy (non-hydrogen) atoms. The SMILES string of the molecule is NC(=S)Nc1snnc1-c1ccccc1. The second kappa shape index (κ2) is 4.33. The molecule has 0 aliphatic heterocycles. The Morgan fingerprint density at radius 3 is 2.73 bits per heavy atom. The fourth-order valence-electron chi connectivity index (χ4n) is 1.17. The van der Waals surface area contributed by atoms with Crippen molar-refractivity contribution in [2.45, 2.75) is 0 Å². The van der Waals surface area contributed by atoms with E-state index in [2.05, 4.69) is 14.9 Å². The highest BCUT2D eigenvalue weighted by atomic mass is 32.1. The Balaban J connectivity index is 2.37. The molecule has 0 aliphatic carbocycles. The third-order valence-electron chi connectivity index (χ3n) is 1.77. The van der Waals surface area contributed by atoms with Crippen LogP contribution < -0.4 is 11.1 Å². The highest BCUT2D eigenvalue weighted by Crippen LogP contribution is 2.27. The number of nitrogens with two attached hydrogens (primary N) is 1. The molecule has 0 aliphatic rings. The van der Waals surface area contributed by atoms with Gasteiger partial charge in [-0.05, 0) is 12.2 Å². The quantitative estimate of drug-likeness (QED) is 0.779. The summed E-state index contributed by atoms with van der Waals surface area (Å²) in [7, 11) is 0. The Kier molecular flexibility index (Phi) is 2.89. The van der Waals surface area contributed by atoms with Crippen LogP contribution in [0.2, 0.25) is 0 Å². The topological polar surface area (TPSA) is 63.8 Å². The number of benzene rings is 1. The normalized spacial score (nSPS) is 9.87. The largest absolute Gasteiger partial charge is 0.376 e. The first kappa shape index (κ1) is 10.0. The van der Waals surface area contributed by atoms with Gasteiger partial charge in [0.2, 0.25) is 0 Å². The molecule has 0 unspecified atom stereocenters. The van der Waals surface area contributed by atoms with Crippen molar-refractivity contribution >= 4 is 33.9 Å². The second-order valence-electron chi connectivity index (χ2n) is 2.81. The highest BCUT2D eigenvalue weighted by Gasteiger charge is 2.09. The van der Waals surface area contributed by atoms with Gasteiger partial charge in [0.15, 0.2) is 5.11 Å². The van der Waals surface area contributed by atoms with Crippen LogP contribution in [0.5, 0.6) is 0 Å². The summed E-state index contributed by atoms with van der Waals surface area (Å²) >= 11 is 6.00. The molecule has 0 radical (unpaired) electrons. The number of aromatic nitrogens is 2. The molecule has 0 fully saturated rings. The first-order chi connectivity index (χ1) is 7.27. The van der Waals surface area contributed by atoms with Crippen molar-refractivity contribution in [3.63, 3.8) is 0 Å². The molecule has 0 amide bonds. The monoisotopic (exact) mass is 236 g/mol. The number of anilines is 1. The molecule has 4 nitrogen and oxygen atoms in total. The van der Waals surface area contributed by atoms with Gasteiger partial charge in [-0.3, -0.25) is 0 Å². The second-order valence-corrected chi connectivity index (χ2v) is 4.00. The maximum atomic E-state index is 5.40. The van der Waals surface area contributed by atoms with E-state index in [0.29, 0.717) is 0 Å². The van der Waals surface area contributed by atoms with E-state index in [1.54, 1.807) is 0 Å². The third kappa shape index (κ3) is 2.28. The van der Waals surface area contributed by atoms with Crippen LogP contribution in [-0.2, 0) is 0 Å². The molecular weight excluding hydrogens is 228 g/mol. The smallest absolute Gasteiger partial charge is 0.168 e. The molecule has 1 aromatic carbocycles. The maximum Gasteiger partial charge on any atom is 0.168 e. The lowest BCUT2D eigenvalue weighted by atomic mass is 10.2. The molecule has 3 N–H and O–H groups in total. The van der Waals surface area contributed by atoms with Crippen molar-refractivity contribution in [2.75, 3.05) is 5.32 Å². The van der Waals surface area contributed by atoms with Gasteiger partial charge in [-0.25, -0.2) is 0 Å². The molecule has 0 saturated heterocycles. The number of hydrogen-bond acceptors (Lipinski definition) is 4.